The molecule has 1 aromatic carbocycles. The maximum Gasteiger partial charge on any atom is 0.258 e. The molecule has 2 heterocycles. The zero-order valence-electron chi connectivity index (χ0n) is 14.0. The number of carbonyl (C=O) groups is 1. The highest BCUT2D eigenvalue weighted by atomic mass is 32.1. The van der Waals surface area contributed by atoms with Crippen LogP contribution in [0.2, 0.25) is 0 Å². The van der Waals surface area contributed by atoms with Crippen molar-refractivity contribution in [3.8, 4) is 5.75 Å². The Hall–Kier alpha value is -1.85. The van der Waals surface area contributed by atoms with E-state index in [0.29, 0.717) is 6.54 Å². The van der Waals surface area contributed by atoms with Gasteiger partial charge in [-0.1, -0.05) is 18.2 Å². The van der Waals surface area contributed by atoms with E-state index in [0.717, 1.165) is 24.4 Å². The smallest absolute Gasteiger partial charge is 0.258 e. The summed E-state index contributed by atoms with van der Waals surface area (Å²) in [4.78, 5) is 14.6. The zero-order chi connectivity index (χ0) is 16.8. The van der Waals surface area contributed by atoms with Crippen molar-refractivity contribution in [1.82, 2.24) is 10.2 Å². The van der Waals surface area contributed by atoms with Gasteiger partial charge in [-0.3, -0.25) is 9.69 Å². The monoisotopic (exact) mass is 344 g/mol. The number of para-hydroxylation sites is 1. The SMILES string of the molecule is Cc1ccccc1OCC(=O)NCC(c1ccsc1)N1CCCC1. The number of likely N-dealkylation sites (tertiary alicyclic amines) is 1. The van der Waals surface area contributed by atoms with Crippen LogP contribution in [0.3, 0.4) is 0 Å². The molecule has 0 spiro atoms. The number of rotatable bonds is 7. The van der Waals surface area contributed by atoms with Crippen molar-refractivity contribution >= 4 is 17.2 Å². The first kappa shape index (κ1) is 17.0. The van der Waals surface area contributed by atoms with Crippen LogP contribution in [0.15, 0.2) is 41.1 Å². The molecule has 1 aliphatic rings. The molecule has 1 saturated heterocycles. The van der Waals surface area contributed by atoms with Crippen LogP contribution in [-0.2, 0) is 4.79 Å². The third-order valence-electron chi connectivity index (χ3n) is 4.45. The first-order chi connectivity index (χ1) is 11.7. The number of nitrogens with zero attached hydrogens (tertiary/aromatic N) is 1. The van der Waals surface area contributed by atoms with Gasteiger partial charge in [0.05, 0.1) is 6.04 Å². The predicted molar refractivity (Wildman–Crippen MR) is 97.6 cm³/mol. The van der Waals surface area contributed by atoms with Gasteiger partial charge in [-0.05, 0) is 66.9 Å². The standard InChI is InChI=1S/C19H24N2O2S/c1-15-6-2-3-7-18(15)23-13-19(22)20-12-17(16-8-11-24-14-16)21-9-4-5-10-21/h2-3,6-8,11,14,17H,4-5,9-10,12-13H2,1H3,(H,20,22). The number of thiophene rings is 1. The maximum atomic E-state index is 12.2. The largest absolute Gasteiger partial charge is 0.484 e. The van der Waals surface area contributed by atoms with Crippen LogP contribution in [0.25, 0.3) is 0 Å². The molecule has 1 fully saturated rings. The van der Waals surface area contributed by atoms with E-state index in [1.54, 1.807) is 11.3 Å². The number of carbonyl (C=O) groups excluding carboxylic acids is 1. The van der Waals surface area contributed by atoms with Gasteiger partial charge in [0.25, 0.3) is 5.91 Å². The van der Waals surface area contributed by atoms with Crippen LogP contribution in [0.1, 0.15) is 30.0 Å². The number of hydrogen-bond donors (Lipinski definition) is 1. The highest BCUT2D eigenvalue weighted by Crippen LogP contribution is 2.26. The van der Waals surface area contributed by atoms with Gasteiger partial charge in [-0.25, -0.2) is 0 Å². The van der Waals surface area contributed by atoms with Crippen molar-refractivity contribution in [3.05, 3.63) is 52.2 Å². The highest BCUT2D eigenvalue weighted by Gasteiger charge is 2.24. The van der Waals surface area contributed by atoms with Crippen LogP contribution < -0.4 is 10.1 Å². The molecule has 1 aliphatic heterocycles. The predicted octanol–water partition coefficient (Wildman–Crippen LogP) is 3.39. The summed E-state index contributed by atoms with van der Waals surface area (Å²) in [7, 11) is 0. The number of benzene rings is 1. The van der Waals surface area contributed by atoms with Crippen molar-refractivity contribution in [3.63, 3.8) is 0 Å². The molecule has 1 amide bonds. The van der Waals surface area contributed by atoms with Crippen molar-refractivity contribution in [2.24, 2.45) is 0 Å². The molecule has 0 saturated carbocycles. The van der Waals surface area contributed by atoms with Crippen molar-refractivity contribution in [1.29, 1.82) is 0 Å². The average Bonchev–Trinajstić information content (AvgIpc) is 3.28. The van der Waals surface area contributed by atoms with E-state index >= 15 is 0 Å². The lowest BCUT2D eigenvalue weighted by Crippen LogP contribution is -2.38. The second kappa shape index (κ2) is 8.31. The second-order valence-corrected chi connectivity index (χ2v) is 6.95. The molecule has 0 radical (unpaired) electrons. The number of hydrogen-bond acceptors (Lipinski definition) is 4. The lowest BCUT2D eigenvalue weighted by atomic mass is 10.1. The minimum Gasteiger partial charge on any atom is -0.484 e. The van der Waals surface area contributed by atoms with E-state index in [9.17, 15) is 4.79 Å². The van der Waals surface area contributed by atoms with Crippen LogP contribution in [0, 0.1) is 6.92 Å². The molecule has 1 aromatic heterocycles. The summed E-state index contributed by atoms with van der Waals surface area (Å²) in [6.45, 7) is 4.88. The molecule has 1 atom stereocenters. The van der Waals surface area contributed by atoms with E-state index in [1.165, 1.54) is 18.4 Å². The Kier molecular flexibility index (Phi) is 5.88. The van der Waals surface area contributed by atoms with E-state index in [1.807, 2.05) is 31.2 Å². The summed E-state index contributed by atoms with van der Waals surface area (Å²) in [5.74, 6) is 0.694. The van der Waals surface area contributed by atoms with Crippen LogP contribution in [0.5, 0.6) is 5.75 Å². The summed E-state index contributed by atoms with van der Waals surface area (Å²) < 4.78 is 5.62. The maximum absolute atomic E-state index is 12.2. The summed E-state index contributed by atoms with van der Waals surface area (Å²) in [6.07, 6.45) is 2.48. The van der Waals surface area contributed by atoms with E-state index in [-0.39, 0.29) is 18.6 Å². The molecule has 1 unspecified atom stereocenters. The van der Waals surface area contributed by atoms with Crippen LogP contribution >= 0.6 is 11.3 Å². The summed E-state index contributed by atoms with van der Waals surface area (Å²) >= 11 is 1.71. The summed E-state index contributed by atoms with van der Waals surface area (Å²) in [5, 5.41) is 7.31. The first-order valence-electron chi connectivity index (χ1n) is 8.45. The molecule has 4 nitrogen and oxygen atoms in total. The molecular formula is C19H24N2O2S. The number of aryl methyl sites for hydroxylation is 1. The van der Waals surface area contributed by atoms with Gasteiger partial charge in [0.15, 0.2) is 6.61 Å². The molecule has 2 aromatic rings. The number of ether oxygens (including phenoxy) is 1. The summed E-state index contributed by atoms with van der Waals surface area (Å²) in [6, 6.07) is 10.2. The number of amides is 1. The third kappa shape index (κ3) is 4.36. The fourth-order valence-corrected chi connectivity index (χ4v) is 3.81. The first-order valence-corrected chi connectivity index (χ1v) is 9.39. The lowest BCUT2D eigenvalue weighted by Gasteiger charge is -2.27. The molecule has 5 heteroatoms. The van der Waals surface area contributed by atoms with Crippen molar-refractivity contribution < 1.29 is 9.53 Å². The van der Waals surface area contributed by atoms with Crippen molar-refractivity contribution in [2.45, 2.75) is 25.8 Å². The molecule has 24 heavy (non-hydrogen) atoms. The van der Waals surface area contributed by atoms with Crippen LogP contribution in [-0.4, -0.2) is 37.0 Å². The molecular weight excluding hydrogens is 320 g/mol. The minimum atomic E-state index is -0.0716. The van der Waals surface area contributed by atoms with Crippen LogP contribution in [0.4, 0.5) is 0 Å². The Balaban J connectivity index is 1.52. The Labute approximate surface area is 147 Å². The fraction of sp³-hybridized carbons (Fsp3) is 0.421. The second-order valence-electron chi connectivity index (χ2n) is 6.17. The molecule has 1 N–H and O–H groups in total. The van der Waals surface area contributed by atoms with Crippen molar-refractivity contribution in [2.75, 3.05) is 26.2 Å². The Morgan fingerprint density at radius 1 is 1.29 bits per heavy atom. The molecule has 0 aliphatic carbocycles. The van der Waals surface area contributed by atoms with E-state index in [4.69, 9.17) is 4.74 Å². The summed E-state index contributed by atoms with van der Waals surface area (Å²) in [5.41, 5.74) is 2.33. The van der Waals surface area contributed by atoms with Gasteiger partial charge >= 0.3 is 0 Å². The number of nitrogens with one attached hydrogen (secondary N) is 1. The van der Waals surface area contributed by atoms with E-state index < -0.39 is 0 Å². The highest BCUT2D eigenvalue weighted by molar-refractivity contribution is 7.07. The average molecular weight is 344 g/mol. The Morgan fingerprint density at radius 2 is 2.08 bits per heavy atom. The molecule has 128 valence electrons. The minimum absolute atomic E-state index is 0.0568. The third-order valence-corrected chi connectivity index (χ3v) is 5.16. The quantitative estimate of drug-likeness (QED) is 0.837. The Morgan fingerprint density at radius 3 is 2.79 bits per heavy atom. The van der Waals surface area contributed by atoms with Gasteiger partial charge in [0.2, 0.25) is 0 Å². The van der Waals surface area contributed by atoms with Gasteiger partial charge < -0.3 is 10.1 Å². The van der Waals surface area contributed by atoms with Gasteiger partial charge in [-0.2, -0.15) is 11.3 Å². The topological polar surface area (TPSA) is 41.6 Å². The zero-order valence-corrected chi connectivity index (χ0v) is 14.8. The van der Waals surface area contributed by atoms with E-state index in [2.05, 4.69) is 27.0 Å². The van der Waals surface area contributed by atoms with Gasteiger partial charge in [0.1, 0.15) is 5.75 Å². The van der Waals surface area contributed by atoms with Gasteiger partial charge in [0, 0.05) is 6.54 Å². The Bertz CT molecular complexity index is 651. The molecule has 0 bridgehead atoms. The van der Waals surface area contributed by atoms with Gasteiger partial charge in [-0.15, -0.1) is 0 Å². The fourth-order valence-electron chi connectivity index (χ4n) is 3.10. The molecule has 3 rings (SSSR count). The lowest BCUT2D eigenvalue weighted by molar-refractivity contribution is -0.123. The normalized spacial score (nSPS) is 16.0.